The molecule has 0 heterocycles. The number of aliphatic hydroxyl groups excluding tert-OH is 5. The standard InChI is InChI=1S/C45H83O13P/c1-3-5-7-9-11-13-15-16-17-18-19-20-21-22-24-26-28-30-32-34-39(47)57-37(35-55-38(46)33-31-29-27-25-23-14-12-10-8-6-4-2)36-56-59(53,54)58-45-43(51)41(49)40(48)42(50)44(45)52/h11,13,16-17,37,40-45,48-52H,3-10,12,14-15,18-36H2,1-2H3,(H,53,54)/b13-11+,17-16+/t37-,40?,41+,42?,43?,44?,45?/m1/s1. The molecule has 0 aliphatic heterocycles. The number of hydrogen-bond donors (Lipinski definition) is 6. The Morgan fingerprint density at radius 3 is 1.41 bits per heavy atom. The molecule has 346 valence electrons. The Kier molecular flexibility index (Phi) is 33.7. The summed E-state index contributed by atoms with van der Waals surface area (Å²) >= 11 is 0. The van der Waals surface area contributed by atoms with Gasteiger partial charge >= 0.3 is 19.8 Å². The number of phosphoric ester groups is 1. The minimum Gasteiger partial charge on any atom is -0.462 e. The van der Waals surface area contributed by atoms with E-state index in [1.54, 1.807) is 0 Å². The van der Waals surface area contributed by atoms with Crippen molar-refractivity contribution in [3.8, 4) is 0 Å². The number of carbonyl (C=O) groups is 2. The van der Waals surface area contributed by atoms with E-state index in [0.29, 0.717) is 12.8 Å². The molecule has 1 fully saturated rings. The molecule has 0 aromatic heterocycles. The van der Waals surface area contributed by atoms with Crippen molar-refractivity contribution in [1.29, 1.82) is 0 Å². The van der Waals surface area contributed by atoms with E-state index in [2.05, 4.69) is 38.2 Å². The Bertz CT molecular complexity index is 1130. The van der Waals surface area contributed by atoms with Crippen LogP contribution in [0.4, 0.5) is 0 Å². The summed E-state index contributed by atoms with van der Waals surface area (Å²) in [4.78, 5) is 35.6. The number of allylic oxidation sites excluding steroid dienone is 4. The number of aliphatic hydroxyl groups is 5. The van der Waals surface area contributed by atoms with Gasteiger partial charge in [0.25, 0.3) is 0 Å². The van der Waals surface area contributed by atoms with Crippen molar-refractivity contribution in [2.45, 2.75) is 236 Å². The predicted molar refractivity (Wildman–Crippen MR) is 230 cm³/mol. The Morgan fingerprint density at radius 2 is 0.915 bits per heavy atom. The number of hydrogen-bond acceptors (Lipinski definition) is 12. The Labute approximate surface area is 356 Å². The molecule has 6 unspecified atom stereocenters. The number of ether oxygens (including phenoxy) is 2. The van der Waals surface area contributed by atoms with E-state index in [9.17, 15) is 44.6 Å². The molecule has 8 atom stereocenters. The molecule has 1 aliphatic carbocycles. The zero-order valence-corrected chi connectivity index (χ0v) is 37.4. The lowest BCUT2D eigenvalue weighted by Gasteiger charge is -2.41. The van der Waals surface area contributed by atoms with Crippen LogP contribution < -0.4 is 0 Å². The summed E-state index contributed by atoms with van der Waals surface area (Å²) in [6.45, 7) is 3.26. The average Bonchev–Trinajstić information content (AvgIpc) is 3.21. The normalized spacial score (nSPS) is 22.5. The van der Waals surface area contributed by atoms with Gasteiger partial charge in [0.2, 0.25) is 0 Å². The molecule has 1 rings (SSSR count). The van der Waals surface area contributed by atoms with Crippen LogP contribution in [0.1, 0.15) is 194 Å². The molecule has 0 aromatic carbocycles. The second-order valence-corrected chi connectivity index (χ2v) is 17.7. The summed E-state index contributed by atoms with van der Waals surface area (Å²) in [5.74, 6) is -1.10. The van der Waals surface area contributed by atoms with E-state index in [1.165, 1.54) is 96.3 Å². The summed E-state index contributed by atoms with van der Waals surface area (Å²) in [5, 5.41) is 50.1. The molecular formula is C45H83O13P. The van der Waals surface area contributed by atoms with E-state index < -0.39 is 75.7 Å². The molecule has 0 spiro atoms. The van der Waals surface area contributed by atoms with Crippen LogP contribution in [0.25, 0.3) is 0 Å². The third kappa shape index (κ3) is 28.5. The van der Waals surface area contributed by atoms with Gasteiger partial charge in [-0.3, -0.25) is 18.6 Å². The first kappa shape index (κ1) is 55.3. The third-order valence-corrected chi connectivity index (χ3v) is 11.8. The van der Waals surface area contributed by atoms with Gasteiger partial charge in [-0.25, -0.2) is 4.57 Å². The highest BCUT2D eigenvalue weighted by molar-refractivity contribution is 7.47. The summed E-state index contributed by atoms with van der Waals surface area (Å²) in [5.41, 5.74) is 0. The lowest BCUT2D eigenvalue weighted by Crippen LogP contribution is -2.64. The summed E-state index contributed by atoms with van der Waals surface area (Å²) in [6, 6.07) is 0. The molecule has 1 aliphatic rings. The van der Waals surface area contributed by atoms with Gasteiger partial charge < -0.3 is 39.9 Å². The van der Waals surface area contributed by atoms with Crippen LogP contribution in [0.2, 0.25) is 0 Å². The van der Waals surface area contributed by atoms with E-state index in [4.69, 9.17) is 18.5 Å². The lowest BCUT2D eigenvalue weighted by atomic mass is 9.85. The van der Waals surface area contributed by atoms with Crippen molar-refractivity contribution < 1.29 is 63.1 Å². The van der Waals surface area contributed by atoms with Gasteiger partial charge in [-0.15, -0.1) is 0 Å². The Balaban J connectivity index is 2.43. The number of phosphoric acid groups is 1. The monoisotopic (exact) mass is 863 g/mol. The molecule has 0 saturated heterocycles. The molecule has 13 nitrogen and oxygen atoms in total. The summed E-state index contributed by atoms with van der Waals surface area (Å²) < 4.78 is 33.5. The lowest BCUT2D eigenvalue weighted by molar-refractivity contribution is -0.220. The first-order valence-corrected chi connectivity index (χ1v) is 24.6. The van der Waals surface area contributed by atoms with E-state index in [-0.39, 0.29) is 12.8 Å². The third-order valence-electron chi connectivity index (χ3n) is 10.8. The maximum Gasteiger partial charge on any atom is 0.472 e. The molecule has 14 heteroatoms. The van der Waals surface area contributed by atoms with Crippen molar-refractivity contribution in [2.24, 2.45) is 0 Å². The SMILES string of the molecule is CCCCC/C=C/C/C=C/CCCCCCCCCCCC(=O)O[C@H](COC(=O)CCCCCCCCCCCCC)COP(=O)(O)OC1C(O)C(O)C(O)[C@H](O)C1O. The van der Waals surface area contributed by atoms with Crippen LogP contribution in [0.3, 0.4) is 0 Å². The molecule has 1 saturated carbocycles. The molecule has 0 radical (unpaired) electrons. The number of esters is 2. The van der Waals surface area contributed by atoms with E-state index in [1.807, 2.05) is 0 Å². The van der Waals surface area contributed by atoms with Crippen molar-refractivity contribution in [3.63, 3.8) is 0 Å². The minimum absolute atomic E-state index is 0.0944. The fourth-order valence-electron chi connectivity index (χ4n) is 7.02. The zero-order valence-electron chi connectivity index (χ0n) is 36.6. The van der Waals surface area contributed by atoms with Crippen molar-refractivity contribution in [3.05, 3.63) is 24.3 Å². The second-order valence-electron chi connectivity index (χ2n) is 16.3. The minimum atomic E-state index is -5.11. The average molecular weight is 863 g/mol. The summed E-state index contributed by atoms with van der Waals surface area (Å²) in [7, 11) is -5.11. The van der Waals surface area contributed by atoms with Gasteiger partial charge in [0, 0.05) is 12.8 Å². The molecule has 0 amide bonds. The van der Waals surface area contributed by atoms with Gasteiger partial charge in [-0.1, -0.05) is 160 Å². The van der Waals surface area contributed by atoms with Gasteiger partial charge in [0.1, 0.15) is 43.2 Å². The highest BCUT2D eigenvalue weighted by atomic mass is 31.2. The molecule has 59 heavy (non-hydrogen) atoms. The Hall–Kier alpha value is -1.67. The fourth-order valence-corrected chi connectivity index (χ4v) is 8.00. The first-order valence-electron chi connectivity index (χ1n) is 23.1. The van der Waals surface area contributed by atoms with Crippen LogP contribution in [0, 0.1) is 0 Å². The summed E-state index contributed by atoms with van der Waals surface area (Å²) in [6.07, 6.45) is 25.2. The predicted octanol–water partition coefficient (Wildman–Crippen LogP) is 8.84. The Morgan fingerprint density at radius 1 is 0.525 bits per heavy atom. The topological polar surface area (TPSA) is 210 Å². The highest BCUT2D eigenvalue weighted by Gasteiger charge is 2.51. The maximum atomic E-state index is 12.8. The van der Waals surface area contributed by atoms with Gasteiger partial charge in [0.05, 0.1) is 6.61 Å². The number of carbonyl (C=O) groups excluding carboxylic acids is 2. The molecule has 0 bridgehead atoms. The molecule has 6 N–H and O–H groups in total. The quantitative estimate of drug-likeness (QED) is 0.0149. The number of unbranched alkanes of at least 4 members (excludes halogenated alkanes) is 22. The van der Waals surface area contributed by atoms with Crippen LogP contribution in [-0.2, 0) is 32.7 Å². The second kappa shape index (κ2) is 35.9. The van der Waals surface area contributed by atoms with E-state index >= 15 is 0 Å². The van der Waals surface area contributed by atoms with Crippen molar-refractivity contribution >= 4 is 19.8 Å². The maximum absolute atomic E-state index is 12.8. The van der Waals surface area contributed by atoms with Crippen LogP contribution in [0.15, 0.2) is 24.3 Å². The van der Waals surface area contributed by atoms with Crippen LogP contribution >= 0.6 is 7.82 Å². The largest absolute Gasteiger partial charge is 0.472 e. The smallest absolute Gasteiger partial charge is 0.462 e. The van der Waals surface area contributed by atoms with Gasteiger partial charge in [-0.2, -0.15) is 0 Å². The van der Waals surface area contributed by atoms with E-state index in [0.717, 1.165) is 57.8 Å². The van der Waals surface area contributed by atoms with Crippen LogP contribution in [0.5, 0.6) is 0 Å². The number of rotatable bonds is 38. The van der Waals surface area contributed by atoms with Crippen molar-refractivity contribution in [2.75, 3.05) is 13.2 Å². The van der Waals surface area contributed by atoms with Crippen LogP contribution in [-0.4, -0.2) is 98.3 Å². The molecular weight excluding hydrogens is 779 g/mol. The van der Waals surface area contributed by atoms with Crippen molar-refractivity contribution in [1.82, 2.24) is 0 Å². The fraction of sp³-hybridized carbons (Fsp3) is 0.867. The first-order chi connectivity index (χ1) is 28.4. The zero-order chi connectivity index (χ0) is 43.6. The van der Waals surface area contributed by atoms with Gasteiger partial charge in [0.15, 0.2) is 6.10 Å². The van der Waals surface area contributed by atoms with Gasteiger partial charge in [-0.05, 0) is 44.9 Å². The molecule has 0 aromatic rings. The highest BCUT2D eigenvalue weighted by Crippen LogP contribution is 2.47.